The van der Waals surface area contributed by atoms with Crippen molar-refractivity contribution < 1.29 is 14.3 Å². The van der Waals surface area contributed by atoms with Crippen molar-refractivity contribution in [1.29, 1.82) is 0 Å². The summed E-state index contributed by atoms with van der Waals surface area (Å²) in [5, 5.41) is 3.80. The number of benzene rings is 2. The summed E-state index contributed by atoms with van der Waals surface area (Å²) < 4.78 is 5.66. The minimum Gasteiger partial charge on any atom is -0.496 e. The first-order valence-electron chi connectivity index (χ1n) is 13.1. The summed E-state index contributed by atoms with van der Waals surface area (Å²) in [6, 6.07) is 13.5. The smallest absolute Gasteiger partial charge is 0.251 e. The molecule has 3 heterocycles. The number of rotatable bonds is 7. The van der Waals surface area contributed by atoms with Gasteiger partial charge < -0.3 is 24.8 Å². The molecule has 8 heteroatoms. The molecular formula is C29H35N5O3. The fraction of sp³-hybridized carbons (Fsp3) is 0.414. The zero-order valence-corrected chi connectivity index (χ0v) is 21.7. The number of nitrogens with one attached hydrogen (secondary N) is 1. The summed E-state index contributed by atoms with van der Waals surface area (Å²) >= 11 is 0. The second-order valence-electron chi connectivity index (χ2n) is 9.83. The minimum atomic E-state index is -0.137. The number of piperazine rings is 1. The van der Waals surface area contributed by atoms with Crippen molar-refractivity contribution in [2.45, 2.75) is 25.8 Å². The molecule has 3 aromatic rings. The quantitative estimate of drug-likeness (QED) is 0.502. The lowest BCUT2D eigenvalue weighted by atomic mass is 9.95. The average Bonchev–Trinajstić information content (AvgIpc) is 2.94. The molecule has 2 aliphatic rings. The molecule has 1 aromatic heterocycles. The summed E-state index contributed by atoms with van der Waals surface area (Å²) in [4.78, 5) is 37.0. The maximum atomic E-state index is 13.1. The number of carbonyl (C=O) groups excluding carboxylic acids is 2. The number of hydrogen-bond donors (Lipinski definition) is 1. The van der Waals surface area contributed by atoms with Crippen molar-refractivity contribution in [2.24, 2.45) is 0 Å². The standard InChI is InChI=1S/C29H35N5O3/c1-32-16-18-33(19-17-32)26-10-11-27(37-2)22-12-15-34(20-24(22)26)28(35)9-5-14-31-29(36)23-6-3-8-25-21(23)7-4-13-30-25/h3-4,6-8,10-11,13H,5,9,12,14-20H2,1-2H3,(H,31,36). The molecule has 2 aliphatic heterocycles. The summed E-state index contributed by atoms with van der Waals surface area (Å²) in [7, 11) is 3.87. The van der Waals surface area contributed by atoms with Gasteiger partial charge >= 0.3 is 0 Å². The van der Waals surface area contributed by atoms with Gasteiger partial charge in [-0.05, 0) is 50.2 Å². The first kappa shape index (κ1) is 25.0. The number of ether oxygens (including phenoxy) is 1. The molecule has 0 bridgehead atoms. The Kier molecular flexibility index (Phi) is 7.55. The van der Waals surface area contributed by atoms with Crippen molar-refractivity contribution in [1.82, 2.24) is 20.1 Å². The van der Waals surface area contributed by atoms with E-state index in [2.05, 4.69) is 39.3 Å². The molecule has 0 atom stereocenters. The van der Waals surface area contributed by atoms with Crippen molar-refractivity contribution in [3.8, 4) is 5.75 Å². The van der Waals surface area contributed by atoms with Crippen LogP contribution in [0.2, 0.25) is 0 Å². The molecule has 5 rings (SSSR count). The minimum absolute atomic E-state index is 0.126. The summed E-state index contributed by atoms with van der Waals surface area (Å²) in [5.41, 5.74) is 5.05. The maximum Gasteiger partial charge on any atom is 0.251 e. The fourth-order valence-electron chi connectivity index (χ4n) is 5.37. The lowest BCUT2D eigenvalue weighted by Gasteiger charge is -2.38. The summed E-state index contributed by atoms with van der Waals surface area (Å²) in [6.07, 6.45) is 3.51. The highest BCUT2D eigenvalue weighted by Crippen LogP contribution is 2.36. The topological polar surface area (TPSA) is 78.0 Å². The Bertz CT molecular complexity index is 1280. The number of aromatic nitrogens is 1. The Balaban J connectivity index is 1.19. The molecule has 1 saturated heterocycles. The average molecular weight is 502 g/mol. The molecule has 1 fully saturated rings. The van der Waals surface area contributed by atoms with E-state index < -0.39 is 0 Å². The van der Waals surface area contributed by atoms with Gasteiger partial charge in [-0.25, -0.2) is 0 Å². The van der Waals surface area contributed by atoms with E-state index >= 15 is 0 Å². The van der Waals surface area contributed by atoms with E-state index in [-0.39, 0.29) is 11.8 Å². The number of methoxy groups -OCH3 is 1. The maximum absolute atomic E-state index is 13.1. The third kappa shape index (κ3) is 5.39. The third-order valence-electron chi connectivity index (χ3n) is 7.50. The number of amides is 2. The highest BCUT2D eigenvalue weighted by atomic mass is 16.5. The van der Waals surface area contributed by atoms with Gasteiger partial charge in [0.2, 0.25) is 5.91 Å². The van der Waals surface area contributed by atoms with Crippen LogP contribution in [0.1, 0.15) is 34.3 Å². The molecule has 2 amide bonds. The van der Waals surface area contributed by atoms with E-state index in [1.165, 1.54) is 16.8 Å². The Morgan fingerprint density at radius 2 is 1.84 bits per heavy atom. The second kappa shape index (κ2) is 11.2. The molecule has 2 aromatic carbocycles. The molecule has 0 saturated carbocycles. The van der Waals surface area contributed by atoms with Crippen LogP contribution < -0.4 is 15.0 Å². The molecule has 0 unspecified atom stereocenters. The van der Waals surface area contributed by atoms with Crippen molar-refractivity contribution in [3.63, 3.8) is 0 Å². The predicted octanol–water partition coefficient (Wildman–Crippen LogP) is 3.09. The van der Waals surface area contributed by atoms with Crippen molar-refractivity contribution in [3.05, 3.63) is 65.4 Å². The Hall–Kier alpha value is -3.65. The van der Waals surface area contributed by atoms with E-state index in [4.69, 9.17) is 4.74 Å². The fourth-order valence-corrected chi connectivity index (χ4v) is 5.37. The summed E-state index contributed by atoms with van der Waals surface area (Å²) in [5.74, 6) is 0.898. The molecule has 8 nitrogen and oxygen atoms in total. The SMILES string of the molecule is COc1ccc(N2CCN(C)CC2)c2c1CCN(C(=O)CCCNC(=O)c1cccc3ncccc13)C2. The van der Waals surface area contributed by atoms with Gasteiger partial charge in [-0.3, -0.25) is 14.6 Å². The number of carbonyl (C=O) groups is 2. The van der Waals surface area contributed by atoms with Crippen LogP contribution in [0.4, 0.5) is 5.69 Å². The number of anilines is 1. The van der Waals surface area contributed by atoms with Gasteiger partial charge in [-0.15, -0.1) is 0 Å². The van der Waals surface area contributed by atoms with Gasteiger partial charge in [-0.1, -0.05) is 12.1 Å². The van der Waals surface area contributed by atoms with E-state index in [1.54, 1.807) is 13.3 Å². The number of pyridine rings is 1. The summed E-state index contributed by atoms with van der Waals surface area (Å²) in [6.45, 7) is 5.76. The molecule has 0 aliphatic carbocycles. The second-order valence-corrected chi connectivity index (χ2v) is 9.83. The largest absolute Gasteiger partial charge is 0.496 e. The van der Waals surface area contributed by atoms with Gasteiger partial charge in [0.25, 0.3) is 5.91 Å². The van der Waals surface area contributed by atoms with E-state index in [9.17, 15) is 9.59 Å². The monoisotopic (exact) mass is 501 g/mol. The third-order valence-corrected chi connectivity index (χ3v) is 7.50. The van der Waals surface area contributed by atoms with Gasteiger partial charge in [0.05, 0.1) is 12.6 Å². The lowest BCUT2D eigenvalue weighted by Crippen LogP contribution is -2.45. The first-order chi connectivity index (χ1) is 18.0. The normalized spacial score (nSPS) is 15.9. The van der Waals surface area contributed by atoms with Crippen LogP contribution in [0.25, 0.3) is 10.9 Å². The molecular weight excluding hydrogens is 466 g/mol. The van der Waals surface area contributed by atoms with E-state index in [0.29, 0.717) is 38.0 Å². The predicted molar refractivity (Wildman–Crippen MR) is 145 cm³/mol. The number of likely N-dealkylation sites (N-methyl/N-ethyl adjacent to an activating group) is 1. The van der Waals surface area contributed by atoms with Gasteiger partial charge in [-0.2, -0.15) is 0 Å². The molecule has 0 spiro atoms. The molecule has 1 N–H and O–H groups in total. The lowest BCUT2D eigenvalue weighted by molar-refractivity contribution is -0.132. The van der Waals surface area contributed by atoms with Crippen LogP contribution in [-0.2, 0) is 17.8 Å². The van der Waals surface area contributed by atoms with Crippen LogP contribution in [-0.4, -0.2) is 80.0 Å². The highest BCUT2D eigenvalue weighted by Gasteiger charge is 2.28. The van der Waals surface area contributed by atoms with Crippen LogP contribution in [0.15, 0.2) is 48.7 Å². The number of fused-ring (bicyclic) bond motifs is 2. The Labute approximate surface area is 218 Å². The number of nitrogens with zero attached hydrogens (tertiary/aromatic N) is 4. The zero-order chi connectivity index (χ0) is 25.8. The van der Waals surface area contributed by atoms with Gasteiger partial charge in [0, 0.05) is 86.2 Å². The van der Waals surface area contributed by atoms with Crippen LogP contribution in [0.5, 0.6) is 5.75 Å². The van der Waals surface area contributed by atoms with E-state index in [1.807, 2.05) is 35.2 Å². The zero-order valence-electron chi connectivity index (χ0n) is 21.7. The van der Waals surface area contributed by atoms with Gasteiger partial charge in [0.15, 0.2) is 0 Å². The van der Waals surface area contributed by atoms with Crippen molar-refractivity contribution >= 4 is 28.4 Å². The van der Waals surface area contributed by atoms with Crippen LogP contribution in [0, 0.1) is 0 Å². The van der Waals surface area contributed by atoms with E-state index in [0.717, 1.165) is 49.3 Å². The molecule has 37 heavy (non-hydrogen) atoms. The molecule has 194 valence electrons. The van der Waals surface area contributed by atoms with Crippen LogP contribution >= 0.6 is 0 Å². The highest BCUT2D eigenvalue weighted by molar-refractivity contribution is 6.06. The number of hydrogen-bond acceptors (Lipinski definition) is 6. The van der Waals surface area contributed by atoms with Gasteiger partial charge in [0.1, 0.15) is 5.75 Å². The Morgan fingerprint density at radius 3 is 2.65 bits per heavy atom. The van der Waals surface area contributed by atoms with Crippen LogP contribution in [0.3, 0.4) is 0 Å². The van der Waals surface area contributed by atoms with Crippen molar-refractivity contribution in [2.75, 3.05) is 58.3 Å². The molecule has 0 radical (unpaired) electrons. The first-order valence-corrected chi connectivity index (χ1v) is 13.1. The Morgan fingerprint density at radius 1 is 1.00 bits per heavy atom.